The number of carbonyl (C=O) groups is 1. The topological polar surface area (TPSA) is 88.6 Å². The quantitative estimate of drug-likeness (QED) is 0.244. The lowest BCUT2D eigenvalue weighted by molar-refractivity contribution is -0.111. The van der Waals surface area contributed by atoms with E-state index in [-0.39, 0.29) is 10.9 Å². The number of ether oxygens (including phenoxy) is 2. The molecule has 1 amide bonds. The van der Waals surface area contributed by atoms with Crippen LogP contribution in [0.15, 0.2) is 48.8 Å². The number of carbonyl (C=O) groups excluding carboxylic acids is 1. The molecule has 3 aromatic rings. The summed E-state index contributed by atoms with van der Waals surface area (Å²) in [5, 5.41) is 6.96. The van der Waals surface area contributed by atoms with Crippen molar-refractivity contribution < 1.29 is 18.7 Å². The Hall–Kier alpha value is -3.27. The molecule has 8 nitrogen and oxygen atoms in total. The summed E-state index contributed by atoms with van der Waals surface area (Å²) >= 11 is 6.01. The summed E-state index contributed by atoms with van der Waals surface area (Å²) in [6, 6.07) is 8.10. The molecule has 2 unspecified atom stereocenters. The Bertz CT molecular complexity index is 1540. The standard InChI is InChI=1S/C34H39ClFN5O3/c35-27-13-23(6-9-28(27)36)39-33-26-14-30(40-32(42)5-4-12-41-18-24-7-8-25(19-41)44-24)31(15-29(26)37-21-38-33)43-20-22-16-34(17-22)10-2-1-3-11-34/h4-6,9,13-15,21-22,24-25H,1-3,7-8,10-12,16-20H2,(H,40,42)(H,37,38,39)/b5-4+. The van der Waals surface area contributed by atoms with Crippen LogP contribution in [0.1, 0.15) is 57.8 Å². The maximum atomic E-state index is 13.8. The van der Waals surface area contributed by atoms with E-state index in [1.165, 1.54) is 63.4 Å². The third kappa shape index (κ3) is 6.55. The lowest BCUT2D eigenvalue weighted by Crippen LogP contribution is -2.42. The second kappa shape index (κ2) is 12.6. The molecule has 10 heteroatoms. The molecule has 232 valence electrons. The highest BCUT2D eigenvalue weighted by molar-refractivity contribution is 6.31. The number of nitrogens with zero attached hydrogens (tertiary/aromatic N) is 3. The van der Waals surface area contributed by atoms with Gasteiger partial charge in [0.15, 0.2) is 0 Å². The van der Waals surface area contributed by atoms with E-state index in [9.17, 15) is 9.18 Å². The molecule has 1 aromatic heterocycles. The number of fused-ring (bicyclic) bond motifs is 3. The van der Waals surface area contributed by atoms with Gasteiger partial charge in [-0.2, -0.15) is 0 Å². The molecule has 4 fully saturated rings. The maximum absolute atomic E-state index is 13.8. The van der Waals surface area contributed by atoms with Crippen LogP contribution in [-0.4, -0.2) is 59.2 Å². The Morgan fingerprint density at radius 1 is 1.11 bits per heavy atom. The summed E-state index contributed by atoms with van der Waals surface area (Å²) in [5.74, 6) is 0.888. The second-order valence-corrected chi connectivity index (χ2v) is 13.5. The van der Waals surface area contributed by atoms with Crippen molar-refractivity contribution in [3.63, 3.8) is 0 Å². The van der Waals surface area contributed by atoms with Crippen molar-refractivity contribution in [2.24, 2.45) is 11.3 Å². The molecule has 2 aromatic carbocycles. The Morgan fingerprint density at radius 2 is 1.91 bits per heavy atom. The highest BCUT2D eigenvalue weighted by Crippen LogP contribution is 2.54. The SMILES string of the molecule is O=C(/C=C/CN1CC2CCC(C1)O2)Nc1cc2c(Nc3ccc(F)c(Cl)c3)ncnc2cc1OCC1CC2(CCCCC2)C1. The Morgan fingerprint density at radius 3 is 2.68 bits per heavy atom. The molecule has 1 spiro atoms. The summed E-state index contributed by atoms with van der Waals surface area (Å²) in [7, 11) is 0. The normalized spacial score (nSPS) is 23.2. The third-order valence-electron chi connectivity index (χ3n) is 9.76. The van der Waals surface area contributed by atoms with Crippen LogP contribution in [0.2, 0.25) is 5.02 Å². The zero-order chi connectivity index (χ0) is 30.1. The van der Waals surface area contributed by atoms with Gasteiger partial charge < -0.3 is 20.1 Å². The number of benzene rings is 2. The number of halogens is 2. The van der Waals surface area contributed by atoms with Crippen LogP contribution in [0.4, 0.5) is 21.6 Å². The first-order valence-electron chi connectivity index (χ1n) is 15.9. The zero-order valence-electron chi connectivity index (χ0n) is 24.9. The molecule has 44 heavy (non-hydrogen) atoms. The van der Waals surface area contributed by atoms with Gasteiger partial charge in [0.2, 0.25) is 5.91 Å². The van der Waals surface area contributed by atoms with Gasteiger partial charge in [-0.25, -0.2) is 14.4 Å². The summed E-state index contributed by atoms with van der Waals surface area (Å²) in [5.41, 5.74) is 2.33. The fourth-order valence-electron chi connectivity index (χ4n) is 7.64. The van der Waals surface area contributed by atoms with Gasteiger partial charge in [0.05, 0.1) is 35.0 Å². The molecule has 2 aliphatic carbocycles. The van der Waals surface area contributed by atoms with Crippen LogP contribution in [-0.2, 0) is 9.53 Å². The number of anilines is 3. The molecule has 4 aliphatic rings. The number of likely N-dealkylation sites (tertiary alicyclic amines) is 1. The van der Waals surface area contributed by atoms with E-state index in [0.29, 0.717) is 70.5 Å². The number of aromatic nitrogens is 2. The average Bonchev–Trinajstić information content (AvgIpc) is 3.35. The van der Waals surface area contributed by atoms with Gasteiger partial charge in [0, 0.05) is 42.9 Å². The predicted molar refractivity (Wildman–Crippen MR) is 170 cm³/mol. The van der Waals surface area contributed by atoms with E-state index in [1.807, 2.05) is 18.2 Å². The van der Waals surface area contributed by atoms with Gasteiger partial charge in [-0.1, -0.05) is 36.9 Å². The van der Waals surface area contributed by atoms with Gasteiger partial charge in [0.1, 0.15) is 23.7 Å². The van der Waals surface area contributed by atoms with Crippen molar-refractivity contribution in [2.75, 3.05) is 36.9 Å². The highest BCUT2D eigenvalue weighted by atomic mass is 35.5. The second-order valence-electron chi connectivity index (χ2n) is 13.1. The molecule has 2 atom stereocenters. The van der Waals surface area contributed by atoms with Gasteiger partial charge in [-0.3, -0.25) is 9.69 Å². The molecule has 2 saturated heterocycles. The number of nitrogens with one attached hydrogen (secondary N) is 2. The summed E-state index contributed by atoms with van der Waals surface area (Å²) < 4.78 is 26.1. The fourth-order valence-corrected chi connectivity index (χ4v) is 7.82. The van der Waals surface area contributed by atoms with Gasteiger partial charge in [-0.05, 0) is 74.1 Å². The van der Waals surface area contributed by atoms with Crippen molar-refractivity contribution in [1.82, 2.24) is 14.9 Å². The minimum Gasteiger partial charge on any atom is -0.491 e. The molecule has 2 saturated carbocycles. The summed E-state index contributed by atoms with van der Waals surface area (Å²) in [6.45, 7) is 3.12. The third-order valence-corrected chi connectivity index (χ3v) is 10.1. The minimum absolute atomic E-state index is 0.0134. The smallest absolute Gasteiger partial charge is 0.248 e. The molecule has 0 radical (unpaired) electrons. The van der Waals surface area contributed by atoms with Crippen LogP contribution in [0.3, 0.4) is 0 Å². The Balaban J connectivity index is 1.09. The lowest BCUT2D eigenvalue weighted by atomic mass is 9.56. The first-order valence-corrected chi connectivity index (χ1v) is 16.3. The Labute approximate surface area is 262 Å². The number of hydrogen-bond donors (Lipinski definition) is 2. The van der Waals surface area contributed by atoms with E-state index in [0.717, 1.165) is 25.9 Å². The largest absolute Gasteiger partial charge is 0.491 e. The summed E-state index contributed by atoms with van der Waals surface area (Å²) in [6.07, 6.45) is 17.0. The van der Waals surface area contributed by atoms with Crippen molar-refractivity contribution in [2.45, 2.75) is 70.0 Å². The van der Waals surface area contributed by atoms with Crippen LogP contribution in [0.5, 0.6) is 5.75 Å². The first kappa shape index (κ1) is 29.4. The number of rotatable bonds is 9. The molecular formula is C34H39ClFN5O3. The molecule has 2 N–H and O–H groups in total. The summed E-state index contributed by atoms with van der Waals surface area (Å²) in [4.78, 5) is 24.4. The average molecular weight is 620 g/mol. The van der Waals surface area contributed by atoms with Gasteiger partial charge in [0.25, 0.3) is 0 Å². The van der Waals surface area contributed by atoms with Crippen LogP contribution in [0, 0.1) is 17.2 Å². The number of morpholine rings is 1. The van der Waals surface area contributed by atoms with E-state index >= 15 is 0 Å². The van der Waals surface area contributed by atoms with Gasteiger partial charge >= 0.3 is 0 Å². The van der Waals surface area contributed by atoms with E-state index in [1.54, 1.807) is 12.1 Å². The van der Waals surface area contributed by atoms with Crippen LogP contribution >= 0.6 is 11.6 Å². The molecule has 3 heterocycles. The monoisotopic (exact) mass is 619 g/mol. The highest BCUT2D eigenvalue weighted by Gasteiger charge is 2.44. The predicted octanol–water partition coefficient (Wildman–Crippen LogP) is 7.26. The van der Waals surface area contributed by atoms with Crippen LogP contribution in [0.25, 0.3) is 10.9 Å². The maximum Gasteiger partial charge on any atom is 0.248 e. The van der Waals surface area contributed by atoms with Crippen LogP contribution < -0.4 is 15.4 Å². The van der Waals surface area contributed by atoms with Crippen molar-refractivity contribution in [1.29, 1.82) is 0 Å². The number of hydrogen-bond acceptors (Lipinski definition) is 7. The molecule has 7 rings (SSSR count). The molecule has 2 aliphatic heterocycles. The van der Waals surface area contributed by atoms with E-state index in [4.69, 9.17) is 21.1 Å². The zero-order valence-corrected chi connectivity index (χ0v) is 25.6. The molecule has 2 bridgehead atoms. The minimum atomic E-state index is -0.494. The van der Waals surface area contributed by atoms with Crippen molar-refractivity contribution >= 4 is 45.6 Å². The Kier molecular flexibility index (Phi) is 8.44. The number of amides is 1. The van der Waals surface area contributed by atoms with Crippen molar-refractivity contribution in [3.05, 3.63) is 59.7 Å². The van der Waals surface area contributed by atoms with Gasteiger partial charge in [-0.15, -0.1) is 0 Å². The van der Waals surface area contributed by atoms with E-state index in [2.05, 4.69) is 25.5 Å². The first-order chi connectivity index (χ1) is 21.4. The van der Waals surface area contributed by atoms with E-state index < -0.39 is 5.82 Å². The molecular weight excluding hydrogens is 581 g/mol. The fraction of sp³-hybridized carbons (Fsp3) is 0.500. The van der Waals surface area contributed by atoms with Crippen molar-refractivity contribution in [3.8, 4) is 5.75 Å². The lowest BCUT2D eigenvalue weighted by Gasteiger charge is -2.50.